The maximum atomic E-state index is 2.56. The van der Waals surface area contributed by atoms with Crippen LogP contribution in [0.1, 0.15) is 0 Å². The van der Waals surface area contributed by atoms with Crippen molar-refractivity contribution in [3.63, 3.8) is 0 Å². The third-order valence-electron chi connectivity index (χ3n) is 17.4. The number of fused-ring (bicyclic) bond motifs is 17. The van der Waals surface area contributed by atoms with Gasteiger partial charge in [0, 0.05) is 0 Å². The van der Waals surface area contributed by atoms with Crippen LogP contribution < -0.4 is 41.5 Å². The number of rotatable bonds is 6. The Morgan fingerprint density at radius 2 is 0.447 bits per heavy atom. The summed E-state index contributed by atoms with van der Waals surface area (Å²) in [5.41, 5.74) is 10.4. The molecule has 0 aromatic heterocycles. The molecule has 0 fully saturated rings. The topological polar surface area (TPSA) is 0 Å². The van der Waals surface area contributed by atoms with Gasteiger partial charge in [0.1, 0.15) is 0 Å². The van der Waals surface area contributed by atoms with Crippen molar-refractivity contribution >= 4 is 112 Å². The Hall–Kier alpha value is -9.19. The highest BCUT2D eigenvalue weighted by Gasteiger charge is 2.50. The molecule has 0 N–H and O–H groups in total. The van der Waals surface area contributed by atoms with Crippen LogP contribution in [-0.4, -0.2) is 16.1 Å². The molecule has 0 radical (unpaired) electrons. The fourth-order valence-corrected chi connectivity index (χ4v) is 24.7. The first-order valence-corrected chi connectivity index (χ1v) is 30.7. The van der Waals surface area contributed by atoms with Gasteiger partial charge in [0.05, 0.1) is 0 Å². The van der Waals surface area contributed by atoms with Crippen LogP contribution in [0.3, 0.4) is 0 Å². The summed E-state index contributed by atoms with van der Waals surface area (Å²) in [6.45, 7) is 0. The van der Waals surface area contributed by atoms with Crippen molar-refractivity contribution in [1.29, 1.82) is 0 Å². The highest BCUT2D eigenvalue weighted by Crippen LogP contribution is 2.46. The number of benzene rings is 14. The normalized spacial score (nSPS) is 13.7. The zero-order valence-electron chi connectivity index (χ0n) is 41.7. The van der Waals surface area contributed by atoms with Crippen molar-refractivity contribution in [2.75, 3.05) is 0 Å². The second kappa shape index (κ2) is 16.7. The van der Waals surface area contributed by atoms with Gasteiger partial charge in [-0.15, -0.1) is 0 Å². The van der Waals surface area contributed by atoms with E-state index in [4.69, 9.17) is 0 Å². The Bertz CT molecular complexity index is 4300. The van der Waals surface area contributed by atoms with E-state index in [9.17, 15) is 0 Å². The zero-order chi connectivity index (χ0) is 50.0. The number of hydrogen-bond donors (Lipinski definition) is 0. The summed E-state index contributed by atoms with van der Waals surface area (Å²) in [6.07, 6.45) is 0. The van der Waals surface area contributed by atoms with E-state index >= 15 is 0 Å². The van der Waals surface area contributed by atoms with E-state index in [1.54, 1.807) is 0 Å². The maximum absolute atomic E-state index is 2.69. The molecule has 2 aliphatic rings. The first kappa shape index (κ1) is 43.2. The lowest BCUT2D eigenvalue weighted by molar-refractivity contribution is 1.66. The highest BCUT2D eigenvalue weighted by atomic mass is 28.3. The first-order valence-electron chi connectivity index (χ1n) is 26.7. The van der Waals surface area contributed by atoms with E-state index in [1.807, 2.05) is 0 Å². The average Bonchev–Trinajstić information content (AvgIpc) is 4.02. The SMILES string of the molecule is c1ccc([Si]2(c3ccccc3)c3ccccc3-c3ccc(-c4ccc5c6ccccc6c6c7cc(-c8ccc9c(c8)[Si](c8ccccc8)(c8ccccc8)c8ccccc8-9)ccc7c7ccccc7c6c5c4)cc32)cc1. The molecule has 16 rings (SSSR count). The van der Waals surface area contributed by atoms with Gasteiger partial charge < -0.3 is 0 Å². The van der Waals surface area contributed by atoms with E-state index in [0.717, 1.165) is 0 Å². The predicted molar refractivity (Wildman–Crippen MR) is 330 cm³/mol. The number of hydrogen-bond acceptors (Lipinski definition) is 0. The molecule has 0 aliphatic carbocycles. The zero-order valence-corrected chi connectivity index (χ0v) is 43.7. The van der Waals surface area contributed by atoms with E-state index in [1.165, 1.54) is 140 Å². The van der Waals surface area contributed by atoms with Crippen LogP contribution in [0, 0.1) is 0 Å². The van der Waals surface area contributed by atoms with Crippen LogP contribution in [0.15, 0.2) is 291 Å². The Balaban J connectivity index is 0.941. The van der Waals surface area contributed by atoms with E-state index in [2.05, 4.69) is 291 Å². The highest BCUT2D eigenvalue weighted by molar-refractivity contribution is 7.23. The Morgan fingerprint density at radius 3 is 0.829 bits per heavy atom. The lowest BCUT2D eigenvalue weighted by atomic mass is 9.85. The van der Waals surface area contributed by atoms with Crippen molar-refractivity contribution in [3.8, 4) is 44.5 Å². The van der Waals surface area contributed by atoms with E-state index in [0.29, 0.717) is 0 Å². The minimum absolute atomic E-state index is 1.23. The molecule has 14 aromatic carbocycles. The molecule has 0 atom stereocenters. The van der Waals surface area contributed by atoms with Gasteiger partial charge in [-0.05, 0) is 152 Å². The van der Waals surface area contributed by atoms with Crippen LogP contribution in [0.2, 0.25) is 0 Å². The largest absolute Gasteiger partial charge is 0.180 e. The second-order valence-corrected chi connectivity index (χ2v) is 28.4. The summed E-state index contributed by atoms with van der Waals surface area (Å²) in [4.78, 5) is 0. The van der Waals surface area contributed by atoms with Gasteiger partial charge in [-0.1, -0.05) is 279 Å². The second-order valence-electron chi connectivity index (χ2n) is 20.9. The van der Waals surface area contributed by atoms with Crippen LogP contribution in [-0.2, 0) is 0 Å². The molecule has 0 bridgehead atoms. The van der Waals surface area contributed by atoms with Crippen LogP contribution in [0.4, 0.5) is 0 Å². The molecule has 0 nitrogen and oxygen atoms in total. The van der Waals surface area contributed by atoms with E-state index in [-0.39, 0.29) is 0 Å². The minimum atomic E-state index is -2.69. The Kier molecular flexibility index (Phi) is 9.48. The van der Waals surface area contributed by atoms with Crippen LogP contribution in [0.25, 0.3) is 98.4 Å². The van der Waals surface area contributed by atoms with Crippen LogP contribution >= 0.6 is 0 Å². The molecule has 0 spiro atoms. The smallest absolute Gasteiger partial charge is 0.0623 e. The van der Waals surface area contributed by atoms with Gasteiger partial charge in [0.15, 0.2) is 16.1 Å². The molecule has 0 saturated heterocycles. The molecule has 76 heavy (non-hydrogen) atoms. The molecule has 14 aromatic rings. The maximum Gasteiger partial charge on any atom is 0.180 e. The van der Waals surface area contributed by atoms with Gasteiger partial charge in [-0.2, -0.15) is 0 Å². The minimum Gasteiger partial charge on any atom is -0.0623 e. The molecule has 2 heteroatoms. The summed E-state index contributed by atoms with van der Waals surface area (Å²) in [7, 11) is -5.37. The van der Waals surface area contributed by atoms with Gasteiger partial charge in [0.2, 0.25) is 0 Å². The Morgan fingerprint density at radius 1 is 0.171 bits per heavy atom. The molecule has 0 amide bonds. The summed E-state index contributed by atoms with van der Waals surface area (Å²) in [5.74, 6) is 0. The summed E-state index contributed by atoms with van der Waals surface area (Å²) in [5, 5.41) is 24.4. The fraction of sp³-hybridized carbons (Fsp3) is 0. The predicted octanol–water partition coefficient (Wildman–Crippen LogP) is 13.5. The molecule has 0 saturated carbocycles. The average molecular weight is 993 g/mol. The van der Waals surface area contributed by atoms with Crippen molar-refractivity contribution in [2.45, 2.75) is 0 Å². The third-order valence-corrected chi connectivity index (χ3v) is 27.1. The standard InChI is InChI=1S/C74H48Si2/c1-5-21-53(22-6-1)75(54-23-7-2-8-24-54)69-35-19-17-31-61(69)63-43-39-51(47-71(63)75)49-37-41-59-57-29-13-16-34-66(57)74-68-46-50(38-42-60(68)58-30-14-15-33-65(58)73(74)67(59)45-49)52-40-44-64-62-32-18-20-36-70(62)76(72(64)48-52,55-25-9-3-10-26-55)56-27-11-4-12-28-56/h1-48H. The quantitative estimate of drug-likeness (QED) is 0.115. The lowest BCUT2D eigenvalue weighted by Crippen LogP contribution is -2.72. The molecular formula is C74H48Si2. The van der Waals surface area contributed by atoms with Crippen molar-refractivity contribution in [3.05, 3.63) is 291 Å². The van der Waals surface area contributed by atoms with Crippen molar-refractivity contribution in [1.82, 2.24) is 0 Å². The van der Waals surface area contributed by atoms with E-state index < -0.39 is 16.1 Å². The van der Waals surface area contributed by atoms with Crippen LogP contribution in [0.5, 0.6) is 0 Å². The molecule has 352 valence electrons. The lowest BCUT2D eigenvalue weighted by Gasteiger charge is -2.31. The van der Waals surface area contributed by atoms with Crippen molar-refractivity contribution in [2.24, 2.45) is 0 Å². The molecule has 2 aliphatic heterocycles. The Labute approximate surface area is 444 Å². The third kappa shape index (κ3) is 5.94. The molecule has 0 unspecified atom stereocenters. The van der Waals surface area contributed by atoms with Crippen molar-refractivity contribution < 1.29 is 0 Å². The first-order chi connectivity index (χ1) is 37.7. The summed E-state index contributed by atoms with van der Waals surface area (Å²) < 4.78 is 0. The van der Waals surface area contributed by atoms with Gasteiger partial charge >= 0.3 is 0 Å². The molecule has 2 heterocycles. The van der Waals surface area contributed by atoms with Gasteiger partial charge in [-0.25, -0.2) is 0 Å². The monoisotopic (exact) mass is 992 g/mol. The van der Waals surface area contributed by atoms with Gasteiger partial charge in [-0.3, -0.25) is 0 Å². The molecular weight excluding hydrogens is 945 g/mol. The van der Waals surface area contributed by atoms with Gasteiger partial charge in [0.25, 0.3) is 0 Å². The summed E-state index contributed by atoms with van der Waals surface area (Å²) >= 11 is 0. The summed E-state index contributed by atoms with van der Waals surface area (Å²) in [6, 6.07) is 111. The fourth-order valence-electron chi connectivity index (χ4n) is 14.3.